The van der Waals surface area contributed by atoms with E-state index in [4.69, 9.17) is 32.4 Å². The molecular weight excluding hydrogens is 637 g/mol. The van der Waals surface area contributed by atoms with E-state index in [-0.39, 0.29) is 33.2 Å². The Bertz CT molecular complexity index is 2050. The molecule has 0 aliphatic heterocycles. The van der Waals surface area contributed by atoms with Crippen LogP contribution in [0.1, 0.15) is 5.56 Å². The van der Waals surface area contributed by atoms with Crippen molar-refractivity contribution in [1.82, 2.24) is 14.6 Å². The van der Waals surface area contributed by atoms with Gasteiger partial charge in [0.25, 0.3) is 11.2 Å². The van der Waals surface area contributed by atoms with Crippen LogP contribution in [0.3, 0.4) is 0 Å². The van der Waals surface area contributed by atoms with Gasteiger partial charge in [0.05, 0.1) is 32.1 Å². The Labute approximate surface area is 248 Å². The van der Waals surface area contributed by atoms with E-state index in [2.05, 4.69) is 31.0 Å². The number of benzene rings is 3. The first-order valence-electron chi connectivity index (χ1n) is 11.8. The summed E-state index contributed by atoms with van der Waals surface area (Å²) in [6.07, 6.45) is 2.47. The molecule has 13 heteroatoms. The van der Waals surface area contributed by atoms with Crippen molar-refractivity contribution in [2.24, 2.45) is 5.10 Å². The van der Waals surface area contributed by atoms with Gasteiger partial charge in [0.1, 0.15) is 11.8 Å². The lowest BCUT2D eigenvalue weighted by molar-refractivity contribution is -0.385. The molecule has 6 rings (SSSR count). The number of aromatic nitrogens is 3. The molecule has 41 heavy (non-hydrogen) atoms. The van der Waals surface area contributed by atoms with Crippen molar-refractivity contribution >= 4 is 72.9 Å². The molecule has 3 heterocycles. The van der Waals surface area contributed by atoms with E-state index in [0.717, 1.165) is 20.7 Å². The predicted octanol–water partition coefficient (Wildman–Crippen LogP) is 7.86. The van der Waals surface area contributed by atoms with Gasteiger partial charge in [-0.1, -0.05) is 51.3 Å². The summed E-state index contributed by atoms with van der Waals surface area (Å²) in [4.78, 5) is 32.4. The monoisotopic (exact) mass is 649 g/mol. The standard InChI is InChI=1S/C28H14BrCl2N5O5/c29-17-5-7-23-16(11-17)12-24(40-23)27-34-22-4-2-1-3-19(22)28(37)35(27)33-13-15-9-20(30)26(21(31)10-15)41-25-8-6-18(14-32-25)36(38)39/h1-14H. The van der Waals surface area contributed by atoms with Gasteiger partial charge in [-0.05, 0) is 54.1 Å². The average Bonchev–Trinajstić information content (AvgIpc) is 3.38. The smallest absolute Gasteiger partial charge is 0.287 e. The average molecular weight is 651 g/mol. The summed E-state index contributed by atoms with van der Waals surface area (Å²) >= 11 is 16.3. The van der Waals surface area contributed by atoms with Crippen molar-refractivity contribution in [2.45, 2.75) is 0 Å². The Morgan fingerprint density at radius 3 is 2.56 bits per heavy atom. The van der Waals surface area contributed by atoms with Crippen LogP contribution in [-0.2, 0) is 0 Å². The predicted molar refractivity (Wildman–Crippen MR) is 159 cm³/mol. The van der Waals surface area contributed by atoms with Crippen LogP contribution in [0.25, 0.3) is 33.5 Å². The van der Waals surface area contributed by atoms with Gasteiger partial charge >= 0.3 is 0 Å². The minimum atomic E-state index is -0.570. The van der Waals surface area contributed by atoms with E-state index in [1.807, 2.05) is 18.2 Å². The minimum Gasteiger partial charge on any atom is -0.453 e. The van der Waals surface area contributed by atoms with Gasteiger partial charge in [0, 0.05) is 22.0 Å². The van der Waals surface area contributed by atoms with Gasteiger partial charge < -0.3 is 9.15 Å². The summed E-state index contributed by atoms with van der Waals surface area (Å²) in [6, 6.07) is 20.0. The highest BCUT2D eigenvalue weighted by molar-refractivity contribution is 9.10. The third kappa shape index (κ3) is 5.30. The summed E-state index contributed by atoms with van der Waals surface area (Å²) in [5.41, 5.74) is 0.994. The summed E-state index contributed by atoms with van der Waals surface area (Å²) < 4.78 is 13.7. The lowest BCUT2D eigenvalue weighted by Gasteiger charge is -2.10. The Kier molecular flexibility index (Phi) is 7.00. The number of nitro groups is 1. The maximum absolute atomic E-state index is 13.5. The molecule has 0 aliphatic rings. The van der Waals surface area contributed by atoms with E-state index in [0.29, 0.717) is 27.8 Å². The van der Waals surface area contributed by atoms with Gasteiger partial charge in [-0.25, -0.2) is 9.97 Å². The Balaban J connectivity index is 1.39. The molecule has 6 aromatic rings. The molecule has 0 amide bonds. The molecule has 0 saturated heterocycles. The number of rotatable bonds is 6. The van der Waals surface area contributed by atoms with Crippen molar-refractivity contribution in [3.8, 4) is 23.2 Å². The second kappa shape index (κ2) is 10.8. The second-order valence-corrected chi connectivity index (χ2v) is 10.4. The first-order valence-corrected chi connectivity index (χ1v) is 13.3. The van der Waals surface area contributed by atoms with Crippen LogP contribution in [0.15, 0.2) is 97.8 Å². The van der Waals surface area contributed by atoms with Crippen molar-refractivity contribution in [2.75, 3.05) is 0 Å². The zero-order valence-electron chi connectivity index (χ0n) is 20.5. The molecule has 0 aliphatic carbocycles. The van der Waals surface area contributed by atoms with E-state index in [1.165, 1.54) is 30.5 Å². The molecule has 3 aromatic heterocycles. The SMILES string of the molecule is O=c1c2ccccc2nc(-c2cc3cc(Br)ccc3o2)n1N=Cc1cc(Cl)c(Oc2ccc([N+](=O)[O-])cn2)c(Cl)c1. The number of hydrogen-bond donors (Lipinski definition) is 0. The molecule has 0 N–H and O–H groups in total. The molecule has 0 saturated carbocycles. The highest BCUT2D eigenvalue weighted by Crippen LogP contribution is 2.37. The summed E-state index contributed by atoms with van der Waals surface area (Å²) in [7, 11) is 0. The van der Waals surface area contributed by atoms with Gasteiger partial charge in [-0.3, -0.25) is 14.9 Å². The summed E-state index contributed by atoms with van der Waals surface area (Å²) in [5, 5.41) is 16.7. The van der Waals surface area contributed by atoms with E-state index >= 15 is 0 Å². The van der Waals surface area contributed by atoms with E-state index in [1.54, 1.807) is 30.3 Å². The van der Waals surface area contributed by atoms with Crippen molar-refractivity contribution < 1.29 is 14.1 Å². The van der Waals surface area contributed by atoms with Crippen LogP contribution < -0.4 is 10.3 Å². The molecule has 0 spiro atoms. The van der Waals surface area contributed by atoms with Gasteiger partial charge in [-0.15, -0.1) is 0 Å². The molecule has 0 radical (unpaired) electrons. The first-order chi connectivity index (χ1) is 19.8. The minimum absolute atomic E-state index is 0.0668. The molecular formula is C28H14BrCl2N5O5. The summed E-state index contributed by atoms with van der Waals surface area (Å²) in [6.45, 7) is 0. The molecule has 10 nitrogen and oxygen atoms in total. The van der Waals surface area contributed by atoms with E-state index in [9.17, 15) is 14.9 Å². The summed E-state index contributed by atoms with van der Waals surface area (Å²) in [5.74, 6) is 0.731. The first kappa shape index (κ1) is 26.6. The zero-order chi connectivity index (χ0) is 28.7. The van der Waals surface area contributed by atoms with Gasteiger partial charge in [0.15, 0.2) is 11.5 Å². The normalized spacial score (nSPS) is 11.5. The van der Waals surface area contributed by atoms with Crippen molar-refractivity contribution in [3.05, 3.63) is 120 Å². The van der Waals surface area contributed by atoms with Crippen molar-refractivity contribution in [3.63, 3.8) is 0 Å². The molecule has 0 unspecified atom stereocenters. The quantitative estimate of drug-likeness (QED) is 0.102. The molecule has 0 bridgehead atoms. The maximum atomic E-state index is 13.5. The number of nitrogens with zero attached hydrogens (tertiary/aromatic N) is 5. The fourth-order valence-electron chi connectivity index (χ4n) is 4.04. The zero-order valence-corrected chi connectivity index (χ0v) is 23.6. The number of pyridine rings is 1. The lowest BCUT2D eigenvalue weighted by atomic mass is 10.2. The van der Waals surface area contributed by atoms with Gasteiger partial charge in [-0.2, -0.15) is 9.78 Å². The van der Waals surface area contributed by atoms with Crippen molar-refractivity contribution in [1.29, 1.82) is 0 Å². The maximum Gasteiger partial charge on any atom is 0.287 e. The molecule has 3 aromatic carbocycles. The number of fused-ring (bicyclic) bond motifs is 2. The Morgan fingerprint density at radius 1 is 1.05 bits per heavy atom. The van der Waals surface area contributed by atoms with Crippen LogP contribution in [0, 0.1) is 10.1 Å². The largest absolute Gasteiger partial charge is 0.453 e. The number of furan rings is 1. The number of hydrogen-bond acceptors (Lipinski definition) is 8. The van der Waals surface area contributed by atoms with E-state index < -0.39 is 10.5 Å². The third-order valence-corrected chi connectivity index (χ3v) is 6.99. The second-order valence-electron chi connectivity index (χ2n) is 8.63. The topological polar surface area (TPSA) is 126 Å². The molecule has 0 fully saturated rings. The van der Waals surface area contributed by atoms with Crippen LogP contribution in [0.4, 0.5) is 5.69 Å². The number of halogens is 3. The highest BCUT2D eigenvalue weighted by atomic mass is 79.9. The van der Waals surface area contributed by atoms with Crippen LogP contribution >= 0.6 is 39.1 Å². The number of para-hydroxylation sites is 1. The lowest BCUT2D eigenvalue weighted by Crippen LogP contribution is -2.20. The molecule has 202 valence electrons. The third-order valence-electron chi connectivity index (χ3n) is 5.93. The fourth-order valence-corrected chi connectivity index (χ4v) is 5.00. The van der Waals surface area contributed by atoms with Gasteiger partial charge in [0.2, 0.25) is 11.7 Å². The molecule has 0 atom stereocenters. The highest BCUT2D eigenvalue weighted by Gasteiger charge is 2.17. The Hall–Kier alpha value is -4.58. The van der Waals surface area contributed by atoms with Crippen LogP contribution in [0.2, 0.25) is 10.0 Å². The Morgan fingerprint density at radius 2 is 1.83 bits per heavy atom. The van der Waals surface area contributed by atoms with Crippen LogP contribution in [0.5, 0.6) is 11.6 Å². The number of ether oxygens (including phenoxy) is 1. The van der Waals surface area contributed by atoms with Crippen LogP contribution in [-0.4, -0.2) is 25.8 Å². The fraction of sp³-hybridized carbons (Fsp3) is 0.